The zero-order valence-corrected chi connectivity index (χ0v) is 21.9. The van der Waals surface area contributed by atoms with Gasteiger partial charge in [-0.2, -0.15) is 0 Å². The smallest absolute Gasteiger partial charge is 0.308 e. The Morgan fingerprint density at radius 2 is 2.11 bits per heavy atom. The molecule has 0 amide bonds. The van der Waals surface area contributed by atoms with Gasteiger partial charge in [0, 0.05) is 40.9 Å². The van der Waals surface area contributed by atoms with Crippen LogP contribution < -0.4 is 4.74 Å². The second kappa shape index (κ2) is 12.4. The van der Waals surface area contributed by atoms with Gasteiger partial charge in [0.25, 0.3) is 0 Å². The molecule has 1 aliphatic heterocycles. The minimum atomic E-state index is -0.879. The standard InChI is InChI=1S/C27H29ClF2N2O4S/c1-36-18-4-6-23-19(13-18)26(21(28)14-31-23)24(33)7-2-16-8-9-32(15-20(16)27(34)35)10-11-37-25-12-17(29)3-5-22(25)30/h3-6,12-14,16,20,24,33H,2,7-11,15H2,1H3,(H,34,35)/t16-,20+,24-/m0/s1. The van der Waals surface area contributed by atoms with Crippen LogP contribution >= 0.6 is 23.4 Å². The maximum Gasteiger partial charge on any atom is 0.308 e. The first-order valence-corrected chi connectivity index (χ1v) is 13.5. The quantitative estimate of drug-likeness (QED) is 0.308. The fourth-order valence-corrected chi connectivity index (χ4v) is 6.17. The summed E-state index contributed by atoms with van der Waals surface area (Å²) in [5.41, 5.74) is 1.25. The van der Waals surface area contributed by atoms with Crippen molar-refractivity contribution in [2.75, 3.05) is 32.5 Å². The number of thioether (sulfide) groups is 1. The van der Waals surface area contributed by atoms with Gasteiger partial charge >= 0.3 is 5.97 Å². The van der Waals surface area contributed by atoms with Crippen LogP contribution in [0.1, 0.15) is 30.9 Å². The van der Waals surface area contributed by atoms with Crippen LogP contribution in [0, 0.1) is 23.5 Å². The number of hydrogen-bond donors (Lipinski definition) is 2. The molecule has 0 aliphatic carbocycles. The van der Waals surface area contributed by atoms with Crippen LogP contribution in [-0.4, -0.2) is 58.6 Å². The van der Waals surface area contributed by atoms with Gasteiger partial charge < -0.3 is 19.8 Å². The summed E-state index contributed by atoms with van der Waals surface area (Å²) >= 11 is 7.63. The molecule has 3 atom stereocenters. The van der Waals surface area contributed by atoms with Crippen molar-refractivity contribution in [3.05, 3.63) is 64.8 Å². The summed E-state index contributed by atoms with van der Waals surface area (Å²) in [6.07, 6.45) is 2.19. The molecule has 4 rings (SSSR count). The number of carboxylic acids is 1. The molecule has 1 fully saturated rings. The van der Waals surface area contributed by atoms with Crippen LogP contribution in [0.4, 0.5) is 8.78 Å². The maximum absolute atomic E-state index is 13.9. The summed E-state index contributed by atoms with van der Waals surface area (Å²) in [5, 5.41) is 22.0. The van der Waals surface area contributed by atoms with Crippen LogP contribution in [0.3, 0.4) is 0 Å². The van der Waals surface area contributed by atoms with Crippen LogP contribution in [0.15, 0.2) is 47.5 Å². The first-order valence-electron chi connectivity index (χ1n) is 12.1. The molecule has 2 aromatic carbocycles. The Hall–Kier alpha value is -2.46. The van der Waals surface area contributed by atoms with Gasteiger partial charge in [-0.15, -0.1) is 11.8 Å². The van der Waals surface area contributed by atoms with E-state index in [2.05, 4.69) is 9.88 Å². The number of aliphatic carboxylic acids is 1. The predicted octanol–water partition coefficient (Wildman–Crippen LogP) is 5.80. The van der Waals surface area contributed by atoms with E-state index in [0.717, 1.165) is 12.1 Å². The van der Waals surface area contributed by atoms with Crippen molar-refractivity contribution in [2.24, 2.45) is 11.8 Å². The Kier molecular flexibility index (Phi) is 9.23. The van der Waals surface area contributed by atoms with Crippen molar-refractivity contribution in [1.29, 1.82) is 0 Å². The normalized spacial score (nSPS) is 19.2. The number of rotatable bonds is 10. The maximum atomic E-state index is 13.9. The van der Waals surface area contributed by atoms with Gasteiger partial charge in [-0.3, -0.25) is 9.78 Å². The minimum Gasteiger partial charge on any atom is -0.497 e. The molecule has 37 heavy (non-hydrogen) atoms. The van der Waals surface area contributed by atoms with E-state index in [1.54, 1.807) is 25.3 Å². The number of pyridine rings is 1. The lowest BCUT2D eigenvalue weighted by Crippen LogP contribution is -2.44. The Balaban J connectivity index is 1.36. The number of carboxylic acid groups (broad SMARTS) is 1. The summed E-state index contributed by atoms with van der Waals surface area (Å²) in [5.74, 6) is -1.36. The van der Waals surface area contributed by atoms with Crippen molar-refractivity contribution >= 4 is 40.2 Å². The van der Waals surface area contributed by atoms with E-state index < -0.39 is 29.6 Å². The molecule has 0 unspecified atom stereocenters. The van der Waals surface area contributed by atoms with Gasteiger partial charge in [-0.25, -0.2) is 8.78 Å². The fraction of sp³-hybridized carbons (Fsp3) is 0.407. The van der Waals surface area contributed by atoms with E-state index in [1.165, 1.54) is 24.0 Å². The Labute approximate surface area is 223 Å². The fourth-order valence-electron chi connectivity index (χ4n) is 4.92. The number of halogens is 3. The first kappa shape index (κ1) is 27.6. The molecule has 10 heteroatoms. The zero-order chi connectivity index (χ0) is 26.5. The van der Waals surface area contributed by atoms with Gasteiger partial charge in [0.15, 0.2) is 0 Å². The number of methoxy groups -OCH3 is 1. The Morgan fingerprint density at radius 3 is 2.86 bits per heavy atom. The molecular weight excluding hydrogens is 522 g/mol. The molecule has 0 radical (unpaired) electrons. The second-order valence-electron chi connectivity index (χ2n) is 9.21. The van der Waals surface area contributed by atoms with E-state index in [1.807, 2.05) is 0 Å². The average molecular weight is 551 g/mol. The van der Waals surface area contributed by atoms with E-state index in [0.29, 0.717) is 71.9 Å². The number of likely N-dealkylation sites (tertiary alicyclic amines) is 1. The van der Waals surface area contributed by atoms with Gasteiger partial charge in [-0.1, -0.05) is 11.6 Å². The number of fused-ring (bicyclic) bond motifs is 1. The highest BCUT2D eigenvalue weighted by Gasteiger charge is 2.34. The SMILES string of the molecule is COc1ccc2ncc(Cl)c([C@@H](O)CC[C@H]3CCN(CCSc4cc(F)ccc4F)C[C@H]3C(=O)O)c2c1. The lowest BCUT2D eigenvalue weighted by molar-refractivity contribution is -0.146. The average Bonchev–Trinajstić information content (AvgIpc) is 2.89. The zero-order valence-electron chi connectivity index (χ0n) is 20.4. The summed E-state index contributed by atoms with van der Waals surface area (Å²) in [6.45, 7) is 1.64. The Morgan fingerprint density at radius 1 is 1.30 bits per heavy atom. The highest BCUT2D eigenvalue weighted by atomic mass is 35.5. The molecule has 0 saturated carbocycles. The number of hydrogen-bond acceptors (Lipinski definition) is 6. The molecule has 0 bridgehead atoms. The van der Waals surface area contributed by atoms with E-state index in [-0.39, 0.29) is 10.8 Å². The molecule has 2 heterocycles. The molecule has 3 aromatic rings. The van der Waals surface area contributed by atoms with Crippen molar-refractivity contribution < 1.29 is 28.5 Å². The molecule has 198 valence electrons. The third-order valence-electron chi connectivity index (χ3n) is 6.93. The highest BCUT2D eigenvalue weighted by Crippen LogP contribution is 2.37. The Bertz CT molecular complexity index is 1260. The van der Waals surface area contributed by atoms with Gasteiger partial charge in [-0.05, 0) is 68.1 Å². The monoisotopic (exact) mass is 550 g/mol. The van der Waals surface area contributed by atoms with Gasteiger partial charge in [0.1, 0.15) is 17.4 Å². The number of ether oxygens (including phenoxy) is 1. The van der Waals surface area contributed by atoms with E-state index >= 15 is 0 Å². The van der Waals surface area contributed by atoms with Crippen LogP contribution in [0.25, 0.3) is 10.9 Å². The van der Waals surface area contributed by atoms with Gasteiger partial charge in [0.05, 0.1) is 29.7 Å². The summed E-state index contributed by atoms with van der Waals surface area (Å²) in [7, 11) is 1.56. The number of nitrogens with zero attached hydrogens (tertiary/aromatic N) is 2. The van der Waals surface area contributed by atoms with Crippen molar-refractivity contribution in [1.82, 2.24) is 9.88 Å². The van der Waals surface area contributed by atoms with Crippen LogP contribution in [0.5, 0.6) is 5.75 Å². The summed E-state index contributed by atoms with van der Waals surface area (Å²) in [6, 6.07) is 8.75. The number of aliphatic hydroxyl groups excluding tert-OH is 1. The molecule has 1 saturated heterocycles. The predicted molar refractivity (Wildman–Crippen MR) is 140 cm³/mol. The number of carbonyl (C=O) groups is 1. The third-order valence-corrected chi connectivity index (χ3v) is 8.24. The number of benzene rings is 2. The largest absolute Gasteiger partial charge is 0.497 e. The topological polar surface area (TPSA) is 82.9 Å². The van der Waals surface area contributed by atoms with Crippen LogP contribution in [-0.2, 0) is 4.79 Å². The molecule has 2 N–H and O–H groups in total. The number of aromatic nitrogens is 1. The summed E-state index contributed by atoms with van der Waals surface area (Å²) < 4.78 is 32.6. The van der Waals surface area contributed by atoms with Crippen molar-refractivity contribution in [2.45, 2.75) is 30.3 Å². The number of piperidine rings is 1. The van der Waals surface area contributed by atoms with Gasteiger partial charge in [0.2, 0.25) is 0 Å². The third kappa shape index (κ3) is 6.71. The van der Waals surface area contributed by atoms with Crippen molar-refractivity contribution in [3.63, 3.8) is 0 Å². The van der Waals surface area contributed by atoms with E-state index in [9.17, 15) is 23.8 Å². The molecule has 0 spiro atoms. The van der Waals surface area contributed by atoms with Crippen molar-refractivity contribution in [3.8, 4) is 5.75 Å². The van der Waals surface area contributed by atoms with Crippen LogP contribution in [0.2, 0.25) is 5.02 Å². The second-order valence-corrected chi connectivity index (χ2v) is 10.8. The lowest BCUT2D eigenvalue weighted by Gasteiger charge is -2.37. The first-order chi connectivity index (χ1) is 17.8. The number of aliphatic hydroxyl groups is 1. The molecule has 6 nitrogen and oxygen atoms in total. The molecular formula is C27H29ClF2N2O4S. The minimum absolute atomic E-state index is 0.0990. The molecule has 1 aliphatic rings. The highest BCUT2D eigenvalue weighted by molar-refractivity contribution is 7.99. The summed E-state index contributed by atoms with van der Waals surface area (Å²) in [4.78, 5) is 18.7. The van der Waals surface area contributed by atoms with E-state index in [4.69, 9.17) is 16.3 Å². The molecule has 1 aromatic heterocycles. The lowest BCUT2D eigenvalue weighted by atomic mass is 9.81.